The van der Waals surface area contributed by atoms with Crippen molar-refractivity contribution in [2.75, 3.05) is 13.1 Å². The zero-order valence-corrected chi connectivity index (χ0v) is 12.8. The molecule has 0 bridgehead atoms. The molecule has 2 N–H and O–H groups in total. The number of aliphatic carboxylic acids is 1. The third-order valence-corrected chi connectivity index (χ3v) is 6.19. The van der Waals surface area contributed by atoms with Crippen molar-refractivity contribution in [2.24, 2.45) is 5.41 Å². The van der Waals surface area contributed by atoms with Gasteiger partial charge in [0.1, 0.15) is 6.04 Å². The highest BCUT2D eigenvalue weighted by Crippen LogP contribution is 2.44. The van der Waals surface area contributed by atoms with Gasteiger partial charge in [-0.15, -0.1) is 0 Å². The topological polar surface area (TPSA) is 86.7 Å². The lowest BCUT2D eigenvalue weighted by atomic mass is 9.66. The Morgan fingerprint density at radius 3 is 2.60 bits per heavy atom. The molecule has 2 aliphatic rings. The SMILES string of the molecule is CCCC1(CNS(=O)(=O)N2CCCC2C(=O)O)CCC1. The van der Waals surface area contributed by atoms with Crippen LogP contribution in [0.3, 0.4) is 0 Å². The van der Waals surface area contributed by atoms with E-state index >= 15 is 0 Å². The van der Waals surface area contributed by atoms with Crippen molar-refractivity contribution in [3.63, 3.8) is 0 Å². The van der Waals surface area contributed by atoms with Crippen LogP contribution >= 0.6 is 0 Å². The molecule has 1 unspecified atom stereocenters. The lowest BCUT2D eigenvalue weighted by Crippen LogP contribution is -2.50. The van der Waals surface area contributed by atoms with Crippen LogP contribution in [0.2, 0.25) is 0 Å². The van der Waals surface area contributed by atoms with Crippen molar-refractivity contribution in [3.8, 4) is 0 Å². The summed E-state index contributed by atoms with van der Waals surface area (Å²) in [6.45, 7) is 2.84. The van der Waals surface area contributed by atoms with Crippen LogP contribution in [0, 0.1) is 5.41 Å². The second-order valence-corrected chi connectivity index (χ2v) is 7.74. The first kappa shape index (κ1) is 15.7. The standard InChI is InChI=1S/C13H24N2O4S/c1-2-6-13(7-4-8-13)10-14-20(18,19)15-9-3-5-11(15)12(16)17/h11,14H,2-10H2,1H3,(H,16,17). The number of carboxylic acids is 1. The Bertz CT molecular complexity index is 459. The molecule has 2 rings (SSSR count). The monoisotopic (exact) mass is 304 g/mol. The van der Waals surface area contributed by atoms with Crippen molar-refractivity contribution in [2.45, 2.75) is 57.9 Å². The van der Waals surface area contributed by atoms with E-state index < -0.39 is 22.2 Å². The Morgan fingerprint density at radius 2 is 2.10 bits per heavy atom. The van der Waals surface area contributed by atoms with E-state index in [0.29, 0.717) is 25.9 Å². The molecule has 1 heterocycles. The fourth-order valence-corrected chi connectivity index (χ4v) is 4.88. The maximum Gasteiger partial charge on any atom is 0.322 e. The predicted octanol–water partition coefficient (Wildman–Crippen LogP) is 1.34. The molecule has 1 atom stereocenters. The molecule has 116 valence electrons. The molecule has 7 heteroatoms. The van der Waals surface area contributed by atoms with Crippen LogP contribution in [-0.2, 0) is 15.0 Å². The van der Waals surface area contributed by atoms with Gasteiger partial charge in [0, 0.05) is 13.1 Å². The fourth-order valence-electron chi connectivity index (χ4n) is 3.32. The van der Waals surface area contributed by atoms with Crippen LogP contribution in [-0.4, -0.2) is 42.9 Å². The molecule has 1 aliphatic carbocycles. The van der Waals surface area contributed by atoms with Crippen molar-refractivity contribution >= 4 is 16.2 Å². The molecule has 0 aromatic rings. The number of carboxylic acid groups (broad SMARTS) is 1. The molecule has 0 aromatic heterocycles. The normalized spacial score (nSPS) is 26.4. The third-order valence-electron chi connectivity index (χ3n) is 4.62. The molecule has 2 fully saturated rings. The van der Waals surface area contributed by atoms with Gasteiger partial charge < -0.3 is 5.11 Å². The summed E-state index contributed by atoms with van der Waals surface area (Å²) < 4.78 is 28.3. The van der Waals surface area contributed by atoms with Crippen molar-refractivity contribution < 1.29 is 18.3 Å². The summed E-state index contributed by atoms with van der Waals surface area (Å²) in [4.78, 5) is 11.1. The molecule has 0 aromatic carbocycles. The Labute approximate surface area is 120 Å². The quantitative estimate of drug-likeness (QED) is 0.743. The van der Waals surface area contributed by atoms with Crippen LogP contribution in [0.5, 0.6) is 0 Å². The number of nitrogens with one attached hydrogen (secondary N) is 1. The minimum atomic E-state index is -3.68. The van der Waals surface area contributed by atoms with E-state index in [-0.39, 0.29) is 5.41 Å². The molecular weight excluding hydrogens is 280 g/mol. The highest BCUT2D eigenvalue weighted by Gasteiger charge is 2.41. The molecular formula is C13H24N2O4S. The van der Waals surface area contributed by atoms with Gasteiger partial charge in [-0.2, -0.15) is 12.7 Å². The van der Waals surface area contributed by atoms with Crippen molar-refractivity contribution in [1.82, 2.24) is 9.03 Å². The summed E-state index contributed by atoms with van der Waals surface area (Å²) in [6.07, 6.45) is 6.36. The number of rotatable bonds is 7. The number of hydrogen-bond donors (Lipinski definition) is 2. The Morgan fingerprint density at radius 1 is 1.40 bits per heavy atom. The van der Waals surface area contributed by atoms with Gasteiger partial charge in [-0.05, 0) is 37.5 Å². The first-order valence-corrected chi connectivity index (χ1v) is 8.83. The van der Waals surface area contributed by atoms with E-state index in [4.69, 9.17) is 5.11 Å². The van der Waals surface area contributed by atoms with Crippen molar-refractivity contribution in [3.05, 3.63) is 0 Å². The molecule has 6 nitrogen and oxygen atoms in total. The molecule has 1 saturated heterocycles. The Kier molecular flexibility index (Phi) is 4.71. The summed E-state index contributed by atoms with van der Waals surface area (Å²) in [5, 5.41) is 9.08. The summed E-state index contributed by atoms with van der Waals surface area (Å²) in [6, 6.07) is -0.906. The minimum absolute atomic E-state index is 0.0975. The van der Waals surface area contributed by atoms with Gasteiger partial charge >= 0.3 is 5.97 Å². The maximum atomic E-state index is 12.3. The largest absolute Gasteiger partial charge is 0.480 e. The van der Waals surface area contributed by atoms with E-state index in [1.807, 2.05) is 0 Å². The number of nitrogens with zero attached hydrogens (tertiary/aromatic N) is 1. The second kappa shape index (κ2) is 5.99. The van der Waals surface area contributed by atoms with Gasteiger partial charge in [-0.25, -0.2) is 4.72 Å². The molecule has 0 amide bonds. The third kappa shape index (κ3) is 3.15. The second-order valence-electron chi connectivity index (χ2n) is 6.04. The first-order chi connectivity index (χ1) is 9.40. The Hall–Kier alpha value is -0.660. The van der Waals surface area contributed by atoms with E-state index in [1.54, 1.807) is 0 Å². The van der Waals surface area contributed by atoms with Gasteiger partial charge in [-0.1, -0.05) is 19.8 Å². The summed E-state index contributed by atoms with van der Waals surface area (Å²) in [7, 11) is -3.68. The zero-order valence-electron chi connectivity index (χ0n) is 12.0. The highest BCUT2D eigenvalue weighted by molar-refractivity contribution is 7.87. The molecule has 1 saturated carbocycles. The molecule has 0 radical (unpaired) electrons. The van der Waals surface area contributed by atoms with Crippen LogP contribution in [0.25, 0.3) is 0 Å². The molecule has 20 heavy (non-hydrogen) atoms. The van der Waals surface area contributed by atoms with Crippen LogP contribution < -0.4 is 4.72 Å². The lowest BCUT2D eigenvalue weighted by Gasteiger charge is -2.42. The zero-order chi connectivity index (χ0) is 14.8. The average molecular weight is 304 g/mol. The first-order valence-electron chi connectivity index (χ1n) is 7.39. The van der Waals surface area contributed by atoms with Gasteiger partial charge in [0.15, 0.2) is 0 Å². The van der Waals surface area contributed by atoms with Gasteiger partial charge in [0.25, 0.3) is 10.2 Å². The van der Waals surface area contributed by atoms with Gasteiger partial charge in [0.05, 0.1) is 0 Å². The van der Waals surface area contributed by atoms with E-state index in [2.05, 4.69) is 11.6 Å². The van der Waals surface area contributed by atoms with Crippen LogP contribution in [0.4, 0.5) is 0 Å². The van der Waals surface area contributed by atoms with Gasteiger partial charge in [-0.3, -0.25) is 4.79 Å². The average Bonchev–Trinajstić information content (AvgIpc) is 2.82. The molecule has 0 spiro atoms. The smallest absolute Gasteiger partial charge is 0.322 e. The van der Waals surface area contributed by atoms with E-state index in [0.717, 1.165) is 36.4 Å². The van der Waals surface area contributed by atoms with Crippen LogP contribution in [0.1, 0.15) is 51.9 Å². The summed E-state index contributed by atoms with van der Waals surface area (Å²) in [5.74, 6) is -1.06. The minimum Gasteiger partial charge on any atom is -0.480 e. The number of hydrogen-bond acceptors (Lipinski definition) is 3. The van der Waals surface area contributed by atoms with Crippen LogP contribution in [0.15, 0.2) is 0 Å². The summed E-state index contributed by atoms with van der Waals surface area (Å²) >= 11 is 0. The fraction of sp³-hybridized carbons (Fsp3) is 0.923. The molecule has 1 aliphatic heterocycles. The van der Waals surface area contributed by atoms with Gasteiger partial charge in [0.2, 0.25) is 0 Å². The Balaban J connectivity index is 1.98. The van der Waals surface area contributed by atoms with E-state index in [9.17, 15) is 13.2 Å². The highest BCUT2D eigenvalue weighted by atomic mass is 32.2. The predicted molar refractivity (Wildman–Crippen MR) is 75.5 cm³/mol. The van der Waals surface area contributed by atoms with E-state index in [1.165, 1.54) is 0 Å². The van der Waals surface area contributed by atoms with Crippen molar-refractivity contribution in [1.29, 1.82) is 0 Å². The maximum absolute atomic E-state index is 12.3. The summed E-state index contributed by atoms with van der Waals surface area (Å²) in [5.41, 5.74) is 0.0975. The lowest BCUT2D eigenvalue weighted by molar-refractivity contribution is -0.140. The number of carbonyl (C=O) groups is 1.